The molecule has 2 nitrogen and oxygen atoms in total. The van der Waals surface area contributed by atoms with E-state index in [0.29, 0.717) is 6.04 Å². The molecule has 0 fully saturated rings. The topological polar surface area (TPSA) is 24.9 Å². The van der Waals surface area contributed by atoms with E-state index < -0.39 is 0 Å². The maximum atomic E-state index is 3.94. The molecule has 1 rings (SSSR count). The second kappa shape index (κ2) is 2.82. The van der Waals surface area contributed by atoms with Gasteiger partial charge in [0.25, 0.3) is 0 Å². The molecule has 3 heteroatoms. The monoisotopic (exact) mass is 141 g/mol. The molecule has 0 aromatic carbocycles. The van der Waals surface area contributed by atoms with E-state index in [0.717, 1.165) is 5.13 Å². The third kappa shape index (κ3) is 2.01. The van der Waals surface area contributed by atoms with Crippen molar-refractivity contribution < 1.29 is 0 Å². The van der Waals surface area contributed by atoms with Crippen molar-refractivity contribution in [3.05, 3.63) is 11.6 Å². The highest BCUT2D eigenvalue weighted by Gasteiger charge is 1.94. The molecule has 1 N–H and O–H groups in total. The summed E-state index contributed by atoms with van der Waals surface area (Å²) in [4.78, 5) is 3.94. The minimum atomic E-state index is 0.463. The van der Waals surface area contributed by atoms with E-state index in [1.165, 1.54) is 0 Å². The Morgan fingerprint density at radius 2 is 2.56 bits per heavy atom. The largest absolute Gasteiger partial charge is 0.359 e. The molecular formula is C6H9N2S. The van der Waals surface area contributed by atoms with E-state index >= 15 is 0 Å². The highest BCUT2D eigenvalue weighted by Crippen LogP contribution is 2.10. The molecule has 0 aliphatic rings. The average Bonchev–Trinajstić information content (AvgIpc) is 2.15. The smallest absolute Gasteiger partial charge is 0.183 e. The zero-order chi connectivity index (χ0) is 6.69. The van der Waals surface area contributed by atoms with Crippen LogP contribution >= 0.6 is 11.3 Å². The van der Waals surface area contributed by atoms with Gasteiger partial charge < -0.3 is 5.32 Å². The third-order valence-electron chi connectivity index (χ3n) is 0.802. The summed E-state index contributed by atoms with van der Waals surface area (Å²) in [6.45, 7) is 4.17. The fourth-order valence-corrected chi connectivity index (χ4v) is 1.13. The molecule has 0 saturated heterocycles. The zero-order valence-corrected chi connectivity index (χ0v) is 6.33. The summed E-state index contributed by atoms with van der Waals surface area (Å²) >= 11 is 1.57. The van der Waals surface area contributed by atoms with Gasteiger partial charge in [-0.2, -0.15) is 0 Å². The summed E-state index contributed by atoms with van der Waals surface area (Å²) in [5, 5.41) is 5.95. The van der Waals surface area contributed by atoms with Crippen LogP contribution in [0.25, 0.3) is 0 Å². The van der Waals surface area contributed by atoms with Gasteiger partial charge in [0.2, 0.25) is 0 Å². The second-order valence-electron chi connectivity index (χ2n) is 2.08. The molecule has 1 radical (unpaired) electrons. The third-order valence-corrected chi connectivity index (χ3v) is 1.46. The van der Waals surface area contributed by atoms with Gasteiger partial charge in [-0.05, 0) is 13.8 Å². The molecule has 49 valence electrons. The predicted octanol–water partition coefficient (Wildman–Crippen LogP) is 1.76. The standard InChI is InChI=1S/C6H9N2S/c1-5(2)8-6-7-3-4-9-6/h4-5H,1-2H3,(H,7,8). The molecule has 1 aromatic heterocycles. The van der Waals surface area contributed by atoms with E-state index in [2.05, 4.69) is 30.3 Å². The van der Waals surface area contributed by atoms with E-state index in [-0.39, 0.29) is 0 Å². The highest BCUT2D eigenvalue weighted by molar-refractivity contribution is 7.13. The molecule has 1 heterocycles. The van der Waals surface area contributed by atoms with Gasteiger partial charge >= 0.3 is 0 Å². The van der Waals surface area contributed by atoms with Crippen molar-refractivity contribution in [2.45, 2.75) is 19.9 Å². The van der Waals surface area contributed by atoms with Crippen LogP contribution in [0, 0.1) is 6.20 Å². The summed E-state index contributed by atoms with van der Waals surface area (Å²) in [6.07, 6.45) is 2.74. The van der Waals surface area contributed by atoms with Crippen LogP contribution in [0.2, 0.25) is 0 Å². The molecule has 9 heavy (non-hydrogen) atoms. The van der Waals surface area contributed by atoms with Crippen LogP contribution < -0.4 is 5.32 Å². The summed E-state index contributed by atoms with van der Waals surface area (Å²) in [5.74, 6) is 0. The fourth-order valence-electron chi connectivity index (χ4n) is 0.507. The number of hydrogen-bond acceptors (Lipinski definition) is 3. The first-order valence-corrected chi connectivity index (χ1v) is 3.75. The number of rotatable bonds is 2. The Balaban J connectivity index is 2.48. The van der Waals surface area contributed by atoms with Crippen molar-refractivity contribution in [2.24, 2.45) is 0 Å². The van der Waals surface area contributed by atoms with Crippen molar-refractivity contribution in [3.63, 3.8) is 0 Å². The van der Waals surface area contributed by atoms with Crippen LogP contribution in [0.4, 0.5) is 5.13 Å². The Bertz CT molecular complexity index is 158. The molecule has 0 aliphatic heterocycles. The van der Waals surface area contributed by atoms with Crippen molar-refractivity contribution in [1.29, 1.82) is 0 Å². The van der Waals surface area contributed by atoms with Gasteiger partial charge in [0.15, 0.2) is 5.13 Å². The molecule has 1 aromatic rings. The lowest BCUT2D eigenvalue weighted by Crippen LogP contribution is -2.08. The van der Waals surface area contributed by atoms with E-state index in [4.69, 9.17) is 0 Å². The maximum absolute atomic E-state index is 3.94. The molecule has 0 atom stereocenters. The van der Waals surface area contributed by atoms with Gasteiger partial charge in [0, 0.05) is 11.4 Å². The van der Waals surface area contributed by atoms with Gasteiger partial charge in [0.05, 0.1) is 0 Å². The molecule has 0 unspecified atom stereocenters. The van der Waals surface area contributed by atoms with Crippen LogP contribution in [-0.2, 0) is 0 Å². The molecule has 0 aliphatic carbocycles. The average molecular weight is 141 g/mol. The first kappa shape index (κ1) is 6.55. The van der Waals surface area contributed by atoms with E-state index in [9.17, 15) is 0 Å². The first-order chi connectivity index (χ1) is 4.29. The predicted molar refractivity (Wildman–Crippen MR) is 39.7 cm³/mol. The highest BCUT2D eigenvalue weighted by atomic mass is 32.1. The Hall–Kier alpha value is -0.570. The summed E-state index contributed by atoms with van der Waals surface area (Å²) in [5.41, 5.74) is 0. The Kier molecular flexibility index (Phi) is 2.05. The lowest BCUT2D eigenvalue weighted by Gasteiger charge is -2.03. The summed E-state index contributed by atoms with van der Waals surface area (Å²) in [6, 6.07) is 0.463. The Morgan fingerprint density at radius 1 is 1.78 bits per heavy atom. The number of nitrogens with one attached hydrogen (secondary N) is 1. The minimum absolute atomic E-state index is 0.463. The molecule has 0 spiro atoms. The second-order valence-corrected chi connectivity index (χ2v) is 2.94. The van der Waals surface area contributed by atoms with E-state index in [1.807, 2.05) is 5.38 Å². The number of nitrogens with zero attached hydrogens (tertiary/aromatic N) is 1. The fraction of sp³-hybridized carbons (Fsp3) is 0.500. The van der Waals surface area contributed by atoms with Gasteiger partial charge in [-0.1, -0.05) is 0 Å². The minimum Gasteiger partial charge on any atom is -0.359 e. The summed E-state index contributed by atoms with van der Waals surface area (Å²) < 4.78 is 0. The van der Waals surface area contributed by atoms with Gasteiger partial charge in [-0.25, -0.2) is 4.98 Å². The molecule has 0 saturated carbocycles. The quantitative estimate of drug-likeness (QED) is 0.679. The maximum Gasteiger partial charge on any atom is 0.183 e. The van der Waals surface area contributed by atoms with Gasteiger partial charge in [-0.15, -0.1) is 11.3 Å². The normalized spacial score (nSPS) is 10.1. The van der Waals surface area contributed by atoms with Gasteiger partial charge in [-0.3, -0.25) is 0 Å². The Morgan fingerprint density at radius 3 is 3.00 bits per heavy atom. The van der Waals surface area contributed by atoms with E-state index in [1.54, 1.807) is 11.3 Å². The molecule has 0 bridgehead atoms. The molecule has 0 amide bonds. The first-order valence-electron chi connectivity index (χ1n) is 2.87. The van der Waals surface area contributed by atoms with Crippen LogP contribution in [0.1, 0.15) is 13.8 Å². The van der Waals surface area contributed by atoms with Crippen molar-refractivity contribution in [1.82, 2.24) is 4.98 Å². The summed E-state index contributed by atoms with van der Waals surface area (Å²) in [7, 11) is 0. The van der Waals surface area contributed by atoms with Crippen molar-refractivity contribution >= 4 is 16.5 Å². The van der Waals surface area contributed by atoms with Crippen LogP contribution in [0.3, 0.4) is 0 Å². The molecular weight excluding hydrogens is 132 g/mol. The number of anilines is 1. The van der Waals surface area contributed by atoms with Crippen LogP contribution in [-0.4, -0.2) is 11.0 Å². The van der Waals surface area contributed by atoms with Crippen molar-refractivity contribution in [3.8, 4) is 0 Å². The van der Waals surface area contributed by atoms with Crippen LogP contribution in [0.5, 0.6) is 0 Å². The van der Waals surface area contributed by atoms with Crippen LogP contribution in [0.15, 0.2) is 5.38 Å². The zero-order valence-electron chi connectivity index (χ0n) is 5.51. The number of hydrogen-bond donors (Lipinski definition) is 1. The SMILES string of the molecule is CC(C)Nc1n[c]cs1. The lowest BCUT2D eigenvalue weighted by molar-refractivity contribution is 0.896. The number of aromatic nitrogens is 1. The lowest BCUT2D eigenvalue weighted by atomic mass is 10.4. The van der Waals surface area contributed by atoms with Gasteiger partial charge in [0.1, 0.15) is 6.20 Å². The number of thiazole rings is 1. The van der Waals surface area contributed by atoms with Crippen molar-refractivity contribution in [2.75, 3.05) is 5.32 Å². The Labute approximate surface area is 58.9 Å².